The number of pyridine rings is 1. The van der Waals surface area contributed by atoms with Gasteiger partial charge in [-0.25, -0.2) is 0 Å². The number of ether oxygens (including phenoxy) is 1. The average molecular weight is 385 g/mol. The van der Waals surface area contributed by atoms with Crippen molar-refractivity contribution in [3.63, 3.8) is 0 Å². The summed E-state index contributed by atoms with van der Waals surface area (Å²) < 4.78 is 6.93. The highest BCUT2D eigenvalue weighted by molar-refractivity contribution is 7.98. The van der Waals surface area contributed by atoms with Crippen LogP contribution in [-0.4, -0.2) is 26.6 Å². The highest BCUT2D eigenvalue weighted by Crippen LogP contribution is 2.31. The van der Waals surface area contributed by atoms with Crippen LogP contribution in [0.25, 0.3) is 5.65 Å². The molecule has 0 bridgehead atoms. The average Bonchev–Trinajstić information content (AvgIpc) is 2.95. The van der Waals surface area contributed by atoms with Crippen LogP contribution in [0.15, 0.2) is 35.6 Å². The number of hydrogen-bond acceptors (Lipinski definition) is 6. The fourth-order valence-corrected chi connectivity index (χ4v) is 3.53. The molecule has 0 aliphatic carbocycles. The lowest BCUT2D eigenvalue weighted by Gasteiger charge is -2.07. The Labute approximate surface area is 150 Å². The van der Waals surface area contributed by atoms with Gasteiger partial charge in [0.05, 0.1) is 22.1 Å². The summed E-state index contributed by atoms with van der Waals surface area (Å²) in [5.41, 5.74) is 1.18. The third kappa shape index (κ3) is 3.26. The predicted octanol–water partition coefficient (Wildman–Crippen LogP) is 4.25. The van der Waals surface area contributed by atoms with Crippen LogP contribution < -0.4 is 4.74 Å². The Kier molecular flexibility index (Phi) is 4.79. The van der Waals surface area contributed by atoms with Gasteiger partial charge in [-0.05, 0) is 12.1 Å². The van der Waals surface area contributed by atoms with Crippen molar-refractivity contribution < 1.29 is 9.66 Å². The molecule has 2 aromatic heterocycles. The first kappa shape index (κ1) is 16.8. The molecule has 10 heteroatoms. The van der Waals surface area contributed by atoms with E-state index in [1.165, 1.54) is 31.0 Å². The number of methoxy groups -OCH3 is 1. The summed E-state index contributed by atoms with van der Waals surface area (Å²) in [5.74, 6) is 0.980. The fourth-order valence-electron chi connectivity index (χ4n) is 2.13. The number of nitro groups is 1. The van der Waals surface area contributed by atoms with E-state index >= 15 is 0 Å². The van der Waals surface area contributed by atoms with Crippen LogP contribution in [0.5, 0.6) is 5.75 Å². The van der Waals surface area contributed by atoms with Crippen LogP contribution in [-0.2, 0) is 5.75 Å². The van der Waals surface area contributed by atoms with Crippen molar-refractivity contribution in [3.05, 3.63) is 56.2 Å². The molecule has 0 fully saturated rings. The molecule has 0 saturated carbocycles. The molecular weight excluding hydrogens is 375 g/mol. The Morgan fingerprint density at radius 2 is 2.12 bits per heavy atom. The van der Waals surface area contributed by atoms with E-state index in [1.807, 2.05) is 0 Å². The Bertz CT molecular complexity index is 932. The maximum atomic E-state index is 10.9. The molecule has 1 aromatic carbocycles. The van der Waals surface area contributed by atoms with Gasteiger partial charge in [-0.2, -0.15) is 0 Å². The summed E-state index contributed by atoms with van der Waals surface area (Å²) in [6, 6.07) is 6.04. The van der Waals surface area contributed by atoms with Gasteiger partial charge >= 0.3 is 0 Å². The molecule has 3 aromatic rings. The Morgan fingerprint density at radius 3 is 2.83 bits per heavy atom. The van der Waals surface area contributed by atoms with Crippen LogP contribution >= 0.6 is 35.0 Å². The minimum Gasteiger partial charge on any atom is -0.496 e. The first-order chi connectivity index (χ1) is 11.5. The lowest BCUT2D eigenvalue weighted by atomic mass is 10.2. The van der Waals surface area contributed by atoms with Crippen molar-refractivity contribution in [3.8, 4) is 5.75 Å². The summed E-state index contributed by atoms with van der Waals surface area (Å²) in [6.45, 7) is 0. The number of rotatable bonds is 5. The standard InChI is InChI=1S/C14H10Cl2N4O3S/c1-23-12-3-2-10(20(21)22)4-8(12)7-24-14-18-17-13-11(16)5-9(15)6-19(13)14/h2-6H,7H2,1H3. The number of non-ortho nitro benzene ring substituents is 1. The molecule has 3 rings (SSSR count). The normalized spacial score (nSPS) is 11.0. The van der Waals surface area contributed by atoms with Crippen LogP contribution in [0.1, 0.15) is 5.56 Å². The highest BCUT2D eigenvalue weighted by Gasteiger charge is 2.14. The molecule has 0 radical (unpaired) electrons. The number of thioether (sulfide) groups is 1. The maximum absolute atomic E-state index is 10.9. The smallest absolute Gasteiger partial charge is 0.270 e. The summed E-state index contributed by atoms with van der Waals surface area (Å²) in [7, 11) is 1.52. The minimum atomic E-state index is -0.445. The van der Waals surface area contributed by atoms with Crippen molar-refractivity contribution >= 4 is 46.3 Å². The molecule has 124 valence electrons. The molecule has 0 aliphatic heterocycles. The van der Waals surface area contributed by atoms with Crippen molar-refractivity contribution in [2.24, 2.45) is 0 Å². The highest BCUT2D eigenvalue weighted by atomic mass is 35.5. The van der Waals surface area contributed by atoms with Crippen LogP contribution in [0.4, 0.5) is 5.69 Å². The van der Waals surface area contributed by atoms with Gasteiger partial charge in [0.1, 0.15) is 5.75 Å². The maximum Gasteiger partial charge on any atom is 0.270 e. The second-order valence-corrected chi connectivity index (χ2v) is 6.51. The lowest BCUT2D eigenvalue weighted by molar-refractivity contribution is -0.384. The van der Waals surface area contributed by atoms with Gasteiger partial charge in [0, 0.05) is 29.6 Å². The lowest BCUT2D eigenvalue weighted by Crippen LogP contribution is -1.95. The van der Waals surface area contributed by atoms with Crippen LogP contribution in [0.3, 0.4) is 0 Å². The Hall–Kier alpha value is -2.03. The van der Waals surface area contributed by atoms with Crippen molar-refractivity contribution in [1.29, 1.82) is 0 Å². The number of aromatic nitrogens is 3. The zero-order valence-electron chi connectivity index (χ0n) is 12.3. The van der Waals surface area contributed by atoms with Crippen molar-refractivity contribution in [2.75, 3.05) is 7.11 Å². The molecule has 0 amide bonds. The van der Waals surface area contributed by atoms with E-state index in [-0.39, 0.29) is 5.69 Å². The molecule has 0 N–H and O–H groups in total. The molecule has 0 unspecified atom stereocenters. The summed E-state index contributed by atoms with van der Waals surface area (Å²) >= 11 is 13.4. The molecule has 0 spiro atoms. The molecule has 24 heavy (non-hydrogen) atoms. The summed E-state index contributed by atoms with van der Waals surface area (Å²) in [5, 5.41) is 20.5. The second-order valence-electron chi connectivity index (χ2n) is 4.72. The third-order valence-corrected chi connectivity index (χ3v) is 4.70. The zero-order valence-corrected chi connectivity index (χ0v) is 14.6. The number of halogens is 2. The van der Waals surface area contributed by atoms with E-state index in [4.69, 9.17) is 27.9 Å². The van der Waals surface area contributed by atoms with Gasteiger partial charge < -0.3 is 4.74 Å². The summed E-state index contributed by atoms with van der Waals surface area (Å²) in [4.78, 5) is 10.5. The van der Waals surface area contributed by atoms with Gasteiger partial charge in [-0.1, -0.05) is 35.0 Å². The molecule has 7 nitrogen and oxygen atoms in total. The number of benzene rings is 1. The van der Waals surface area contributed by atoms with Gasteiger partial charge in [0.2, 0.25) is 0 Å². The van der Waals surface area contributed by atoms with E-state index < -0.39 is 4.92 Å². The molecule has 0 atom stereocenters. The topological polar surface area (TPSA) is 82.6 Å². The van der Waals surface area contributed by atoms with E-state index in [2.05, 4.69) is 10.2 Å². The van der Waals surface area contributed by atoms with Gasteiger partial charge in [-0.3, -0.25) is 14.5 Å². The van der Waals surface area contributed by atoms with Crippen molar-refractivity contribution in [1.82, 2.24) is 14.6 Å². The van der Waals surface area contributed by atoms with Crippen molar-refractivity contribution in [2.45, 2.75) is 10.9 Å². The van der Waals surface area contributed by atoms with Gasteiger partial charge in [-0.15, -0.1) is 10.2 Å². The molecule has 2 heterocycles. The third-order valence-electron chi connectivity index (χ3n) is 3.23. The van der Waals surface area contributed by atoms with E-state index in [0.29, 0.717) is 37.9 Å². The fraction of sp³-hybridized carbons (Fsp3) is 0.143. The largest absolute Gasteiger partial charge is 0.496 e. The monoisotopic (exact) mass is 384 g/mol. The summed E-state index contributed by atoms with van der Waals surface area (Å²) in [6.07, 6.45) is 1.66. The molecule has 0 aliphatic rings. The number of fused-ring (bicyclic) bond motifs is 1. The molecular formula is C14H10Cl2N4O3S. The van der Waals surface area contributed by atoms with E-state index in [0.717, 1.165) is 0 Å². The van der Waals surface area contributed by atoms with E-state index in [1.54, 1.807) is 22.7 Å². The van der Waals surface area contributed by atoms with Crippen LogP contribution in [0, 0.1) is 10.1 Å². The van der Waals surface area contributed by atoms with Gasteiger partial charge in [0.25, 0.3) is 5.69 Å². The number of nitro benzene ring substituents is 1. The minimum absolute atomic E-state index is 0.00332. The van der Waals surface area contributed by atoms with E-state index in [9.17, 15) is 10.1 Å². The Balaban J connectivity index is 1.91. The predicted molar refractivity (Wildman–Crippen MR) is 92.2 cm³/mol. The Morgan fingerprint density at radius 1 is 1.33 bits per heavy atom. The zero-order chi connectivity index (χ0) is 17.3. The first-order valence-corrected chi connectivity index (χ1v) is 8.37. The SMILES string of the molecule is COc1ccc([N+](=O)[O-])cc1CSc1nnc2c(Cl)cc(Cl)cn12. The number of hydrogen-bond donors (Lipinski definition) is 0. The van der Waals surface area contributed by atoms with Crippen LogP contribution in [0.2, 0.25) is 10.0 Å². The second kappa shape index (κ2) is 6.84. The quantitative estimate of drug-likeness (QED) is 0.371. The first-order valence-electron chi connectivity index (χ1n) is 6.63. The van der Waals surface area contributed by atoms with Gasteiger partial charge in [0.15, 0.2) is 10.8 Å². The molecule has 0 saturated heterocycles. The number of nitrogens with zero attached hydrogens (tertiary/aromatic N) is 4.